The molecule has 0 aliphatic heterocycles. The van der Waals surface area contributed by atoms with Crippen LogP contribution in [0.4, 0.5) is 0 Å². The number of carbonyl (C=O) groups is 1. The zero-order valence-electron chi connectivity index (χ0n) is 9.07. The van der Waals surface area contributed by atoms with Crippen molar-refractivity contribution in [2.45, 2.75) is 6.54 Å². The third-order valence-electron chi connectivity index (χ3n) is 2.64. The van der Waals surface area contributed by atoms with Crippen LogP contribution in [-0.4, -0.2) is 13.1 Å². The molecule has 2 rings (SSSR count). The molecule has 0 heterocycles. The smallest absolute Gasteiger partial charge is 0.338 e. The molecule has 3 nitrogen and oxygen atoms in total. The highest BCUT2D eigenvalue weighted by molar-refractivity contribution is 6.05. The molecule has 0 aliphatic rings. The number of hydrogen-bond acceptors (Lipinski definition) is 3. The lowest BCUT2D eigenvalue weighted by Gasteiger charge is -2.08. The second-order valence-electron chi connectivity index (χ2n) is 3.51. The Kier molecular flexibility index (Phi) is 2.88. The highest BCUT2D eigenvalue weighted by Gasteiger charge is 2.11. The summed E-state index contributed by atoms with van der Waals surface area (Å²) in [6.07, 6.45) is 0. The summed E-state index contributed by atoms with van der Waals surface area (Å²) in [5.74, 6) is -0.320. The Bertz CT molecular complexity index is 534. The fourth-order valence-corrected chi connectivity index (χ4v) is 1.83. The maximum absolute atomic E-state index is 11.6. The molecule has 2 N–H and O–H groups in total. The van der Waals surface area contributed by atoms with Gasteiger partial charge in [-0.15, -0.1) is 0 Å². The van der Waals surface area contributed by atoms with Crippen molar-refractivity contribution in [1.82, 2.24) is 0 Å². The summed E-state index contributed by atoms with van der Waals surface area (Å²) >= 11 is 0. The number of methoxy groups -OCH3 is 1. The van der Waals surface area contributed by atoms with Gasteiger partial charge in [-0.05, 0) is 22.4 Å². The molecule has 0 unspecified atom stereocenters. The Morgan fingerprint density at radius 3 is 2.50 bits per heavy atom. The first kappa shape index (κ1) is 10.6. The van der Waals surface area contributed by atoms with Crippen molar-refractivity contribution in [3.8, 4) is 0 Å². The first-order chi connectivity index (χ1) is 7.77. The molecule has 0 bridgehead atoms. The number of ether oxygens (including phenoxy) is 1. The average Bonchev–Trinajstić information content (AvgIpc) is 2.36. The molecule has 0 fully saturated rings. The second kappa shape index (κ2) is 4.33. The van der Waals surface area contributed by atoms with Gasteiger partial charge in [0.15, 0.2) is 0 Å². The molecule has 0 amide bonds. The summed E-state index contributed by atoms with van der Waals surface area (Å²) in [7, 11) is 1.38. The topological polar surface area (TPSA) is 52.3 Å². The van der Waals surface area contributed by atoms with Crippen LogP contribution in [0.1, 0.15) is 15.9 Å². The number of carbonyl (C=O) groups excluding carboxylic acids is 1. The molecule has 2 aromatic rings. The van der Waals surface area contributed by atoms with Gasteiger partial charge in [0.2, 0.25) is 0 Å². The third kappa shape index (κ3) is 1.66. The minimum Gasteiger partial charge on any atom is -0.465 e. The van der Waals surface area contributed by atoms with Crippen molar-refractivity contribution < 1.29 is 9.53 Å². The van der Waals surface area contributed by atoms with Gasteiger partial charge in [0.1, 0.15) is 0 Å². The maximum Gasteiger partial charge on any atom is 0.338 e. The van der Waals surface area contributed by atoms with E-state index >= 15 is 0 Å². The van der Waals surface area contributed by atoms with Crippen LogP contribution >= 0.6 is 0 Å². The minimum absolute atomic E-state index is 0.320. The Balaban J connectivity index is 2.74. The Morgan fingerprint density at radius 1 is 1.19 bits per heavy atom. The molecule has 0 radical (unpaired) electrons. The number of benzene rings is 2. The van der Waals surface area contributed by atoms with Crippen molar-refractivity contribution in [3.63, 3.8) is 0 Å². The van der Waals surface area contributed by atoms with E-state index in [4.69, 9.17) is 10.5 Å². The van der Waals surface area contributed by atoms with Gasteiger partial charge in [0, 0.05) is 6.54 Å². The van der Waals surface area contributed by atoms with Gasteiger partial charge in [-0.1, -0.05) is 30.3 Å². The van der Waals surface area contributed by atoms with Crippen LogP contribution in [0, 0.1) is 0 Å². The fourth-order valence-electron chi connectivity index (χ4n) is 1.83. The number of rotatable bonds is 2. The average molecular weight is 215 g/mol. The quantitative estimate of drug-likeness (QED) is 0.780. The Labute approximate surface area is 93.8 Å². The molecule has 0 saturated heterocycles. The standard InChI is InChI=1S/C13H13NO2/c1-16-13(15)12-7-6-9(8-14)10-4-2-3-5-11(10)12/h2-7H,8,14H2,1H3. The first-order valence-electron chi connectivity index (χ1n) is 5.07. The van der Waals surface area contributed by atoms with Crippen molar-refractivity contribution in [2.24, 2.45) is 5.73 Å². The normalized spacial score (nSPS) is 10.4. The molecule has 16 heavy (non-hydrogen) atoms. The summed E-state index contributed by atoms with van der Waals surface area (Å²) < 4.78 is 4.75. The van der Waals surface area contributed by atoms with E-state index in [1.165, 1.54) is 7.11 Å². The summed E-state index contributed by atoms with van der Waals surface area (Å²) in [4.78, 5) is 11.6. The predicted octanol–water partition coefficient (Wildman–Crippen LogP) is 2.09. The number of nitrogens with two attached hydrogens (primary N) is 1. The molecule has 2 aromatic carbocycles. The number of esters is 1. The summed E-state index contributed by atoms with van der Waals surface area (Å²) in [5, 5.41) is 1.89. The van der Waals surface area contributed by atoms with E-state index in [2.05, 4.69) is 0 Å². The molecule has 0 saturated carbocycles. The van der Waals surface area contributed by atoms with Crippen molar-refractivity contribution >= 4 is 16.7 Å². The minimum atomic E-state index is -0.320. The molecular weight excluding hydrogens is 202 g/mol. The van der Waals surface area contributed by atoms with Crippen LogP contribution in [0.2, 0.25) is 0 Å². The Hall–Kier alpha value is -1.87. The molecule has 0 spiro atoms. The zero-order chi connectivity index (χ0) is 11.5. The maximum atomic E-state index is 11.6. The van der Waals surface area contributed by atoms with Crippen LogP contribution in [-0.2, 0) is 11.3 Å². The van der Waals surface area contributed by atoms with E-state index in [9.17, 15) is 4.79 Å². The van der Waals surface area contributed by atoms with Crippen LogP contribution in [0.25, 0.3) is 10.8 Å². The number of hydrogen-bond donors (Lipinski definition) is 1. The number of fused-ring (bicyclic) bond motifs is 1. The first-order valence-corrected chi connectivity index (χ1v) is 5.07. The largest absolute Gasteiger partial charge is 0.465 e. The molecule has 82 valence electrons. The van der Waals surface area contributed by atoms with Gasteiger partial charge < -0.3 is 10.5 Å². The molecule has 3 heteroatoms. The second-order valence-corrected chi connectivity index (χ2v) is 3.51. The van der Waals surface area contributed by atoms with Gasteiger partial charge in [-0.3, -0.25) is 0 Å². The van der Waals surface area contributed by atoms with Crippen molar-refractivity contribution in [3.05, 3.63) is 47.5 Å². The van der Waals surface area contributed by atoms with Crippen LogP contribution in [0.15, 0.2) is 36.4 Å². The predicted molar refractivity (Wildman–Crippen MR) is 63.2 cm³/mol. The highest BCUT2D eigenvalue weighted by atomic mass is 16.5. The molecule has 0 aliphatic carbocycles. The van der Waals surface area contributed by atoms with E-state index in [1.54, 1.807) is 6.07 Å². The Morgan fingerprint density at radius 2 is 1.88 bits per heavy atom. The monoisotopic (exact) mass is 215 g/mol. The highest BCUT2D eigenvalue weighted by Crippen LogP contribution is 2.23. The van der Waals surface area contributed by atoms with Crippen LogP contribution in [0.5, 0.6) is 0 Å². The van der Waals surface area contributed by atoms with Gasteiger partial charge in [-0.25, -0.2) is 4.79 Å². The van der Waals surface area contributed by atoms with Gasteiger partial charge in [-0.2, -0.15) is 0 Å². The fraction of sp³-hybridized carbons (Fsp3) is 0.154. The van der Waals surface area contributed by atoms with Crippen molar-refractivity contribution in [1.29, 1.82) is 0 Å². The molecular formula is C13H13NO2. The summed E-state index contributed by atoms with van der Waals surface area (Å²) in [6.45, 7) is 0.460. The van der Waals surface area contributed by atoms with E-state index in [-0.39, 0.29) is 5.97 Å². The lowest BCUT2D eigenvalue weighted by atomic mass is 9.99. The molecule has 0 aromatic heterocycles. The van der Waals surface area contributed by atoms with E-state index in [0.29, 0.717) is 12.1 Å². The van der Waals surface area contributed by atoms with Gasteiger partial charge in [0.25, 0.3) is 0 Å². The van der Waals surface area contributed by atoms with Gasteiger partial charge in [0.05, 0.1) is 12.7 Å². The van der Waals surface area contributed by atoms with Crippen molar-refractivity contribution in [2.75, 3.05) is 7.11 Å². The van der Waals surface area contributed by atoms with Gasteiger partial charge >= 0.3 is 5.97 Å². The van der Waals surface area contributed by atoms with E-state index in [1.807, 2.05) is 30.3 Å². The lowest BCUT2D eigenvalue weighted by Crippen LogP contribution is -2.04. The van der Waals surface area contributed by atoms with Crippen LogP contribution < -0.4 is 5.73 Å². The molecule has 0 atom stereocenters. The van der Waals surface area contributed by atoms with E-state index < -0.39 is 0 Å². The third-order valence-corrected chi connectivity index (χ3v) is 2.64. The zero-order valence-corrected chi connectivity index (χ0v) is 9.07. The van der Waals surface area contributed by atoms with Crippen LogP contribution in [0.3, 0.4) is 0 Å². The SMILES string of the molecule is COC(=O)c1ccc(CN)c2ccccc12. The summed E-state index contributed by atoms with van der Waals surface area (Å²) in [5.41, 5.74) is 7.27. The lowest BCUT2D eigenvalue weighted by molar-refractivity contribution is 0.0603. The van der Waals surface area contributed by atoms with E-state index in [0.717, 1.165) is 16.3 Å². The summed E-state index contributed by atoms with van der Waals surface area (Å²) in [6, 6.07) is 11.3.